The van der Waals surface area contributed by atoms with E-state index >= 15 is 0 Å². The van der Waals surface area contributed by atoms with Crippen LogP contribution in [-0.2, 0) is 21.1 Å². The van der Waals surface area contributed by atoms with Crippen molar-refractivity contribution < 1.29 is 14.3 Å². The Morgan fingerprint density at radius 2 is 1.94 bits per heavy atom. The summed E-state index contributed by atoms with van der Waals surface area (Å²) in [5, 5.41) is 9.38. The minimum absolute atomic E-state index is 0.187. The van der Waals surface area contributed by atoms with E-state index in [0.29, 0.717) is 42.1 Å². The first-order valence-electron chi connectivity index (χ1n) is 17.6. The maximum Gasteiger partial charge on any atom is 0.314 e. The number of likely N-dealkylation sites (tertiary alicyclic amines) is 2. The molecule has 1 aromatic carbocycles. The number of carbonyl (C=O) groups excluding carboxylic acids is 2. The predicted molar refractivity (Wildman–Crippen MR) is 194 cm³/mol. The number of ether oxygens (including phenoxy) is 1. The van der Waals surface area contributed by atoms with Crippen LogP contribution in [0.2, 0.25) is 25.7 Å². The van der Waals surface area contributed by atoms with Gasteiger partial charge in [-0.25, -0.2) is 9.67 Å². The molecule has 2 amide bonds. The molecule has 256 valence electrons. The van der Waals surface area contributed by atoms with Gasteiger partial charge in [0, 0.05) is 51.3 Å². The largest absolute Gasteiger partial charge is 0.360 e. The summed E-state index contributed by atoms with van der Waals surface area (Å²) in [7, 11) is 1.05. The SMILES string of the molecule is C[C@H]1CC[C@H](c2ccc3sc(C4CN(C)C5CCCC4C5)nc3c2)N(C(=O)C(=O)Nc2cncc3cnn(COCC[Si](C)(C)C)c23)C1. The fraction of sp³-hybridized carbons (Fsp3) is 0.583. The Kier molecular flexibility index (Phi) is 9.44. The number of pyridine rings is 1. The van der Waals surface area contributed by atoms with Crippen LogP contribution in [0.15, 0.2) is 36.8 Å². The number of thiazole rings is 1. The molecule has 5 heterocycles. The number of nitrogens with one attached hydrogen (secondary N) is 1. The predicted octanol–water partition coefficient (Wildman–Crippen LogP) is 6.88. The lowest BCUT2D eigenvalue weighted by Crippen LogP contribution is -2.46. The number of carbonyl (C=O) groups is 2. The molecule has 12 heteroatoms. The van der Waals surface area contributed by atoms with E-state index in [1.165, 1.54) is 35.4 Å². The molecule has 2 aliphatic heterocycles. The number of benzene rings is 1. The van der Waals surface area contributed by atoms with Crippen LogP contribution in [0.3, 0.4) is 0 Å². The molecule has 1 N–H and O–H groups in total. The third-order valence-corrected chi connectivity index (χ3v) is 13.6. The number of fused-ring (bicyclic) bond motifs is 4. The van der Waals surface area contributed by atoms with Gasteiger partial charge in [-0.1, -0.05) is 39.1 Å². The summed E-state index contributed by atoms with van der Waals surface area (Å²) in [5.74, 6) is 0.303. The Hall–Kier alpha value is -3.19. The lowest BCUT2D eigenvalue weighted by molar-refractivity contribution is -0.146. The van der Waals surface area contributed by atoms with Gasteiger partial charge in [-0.15, -0.1) is 11.3 Å². The highest BCUT2D eigenvalue weighted by Gasteiger charge is 2.39. The molecular formula is C36H49N7O3SSi. The van der Waals surface area contributed by atoms with Crippen LogP contribution in [0.1, 0.15) is 68.0 Å². The first-order chi connectivity index (χ1) is 23.0. The van der Waals surface area contributed by atoms with Crippen molar-refractivity contribution in [1.29, 1.82) is 0 Å². The monoisotopic (exact) mass is 687 g/mol. The highest BCUT2D eigenvalue weighted by molar-refractivity contribution is 7.18. The van der Waals surface area contributed by atoms with Gasteiger partial charge in [-0.2, -0.15) is 5.10 Å². The molecule has 4 aromatic rings. The number of nitrogens with zero attached hydrogens (tertiary/aromatic N) is 6. The fourth-order valence-electron chi connectivity index (χ4n) is 7.97. The summed E-state index contributed by atoms with van der Waals surface area (Å²) in [6.07, 6.45) is 12.0. The van der Waals surface area contributed by atoms with Gasteiger partial charge in [0.25, 0.3) is 0 Å². The lowest BCUT2D eigenvalue weighted by atomic mass is 9.74. The van der Waals surface area contributed by atoms with Crippen molar-refractivity contribution >= 4 is 58.0 Å². The normalized spacial score (nSPS) is 25.1. The van der Waals surface area contributed by atoms with Crippen LogP contribution in [0.5, 0.6) is 0 Å². The smallest absolute Gasteiger partial charge is 0.314 e. The van der Waals surface area contributed by atoms with E-state index in [2.05, 4.69) is 72.1 Å². The second-order valence-corrected chi connectivity index (χ2v) is 22.3. The number of hydrogen-bond acceptors (Lipinski definition) is 8. The summed E-state index contributed by atoms with van der Waals surface area (Å²) in [4.78, 5) is 41.4. The molecule has 3 aliphatic rings. The number of likely N-dealkylation sites (N-methyl/N-ethyl adjacent to an activating group) is 1. The highest BCUT2D eigenvalue weighted by atomic mass is 32.1. The van der Waals surface area contributed by atoms with Crippen molar-refractivity contribution in [2.75, 3.05) is 32.1 Å². The molecule has 1 saturated carbocycles. The van der Waals surface area contributed by atoms with Gasteiger partial charge < -0.3 is 19.9 Å². The summed E-state index contributed by atoms with van der Waals surface area (Å²) in [6.45, 7) is 11.6. The lowest BCUT2D eigenvalue weighted by Gasteiger charge is -2.45. The van der Waals surface area contributed by atoms with Crippen LogP contribution in [0, 0.1) is 11.8 Å². The molecule has 0 radical (unpaired) electrons. The average molecular weight is 688 g/mol. The fourth-order valence-corrected chi connectivity index (χ4v) is 9.86. The number of anilines is 1. The van der Waals surface area contributed by atoms with Gasteiger partial charge in [0.1, 0.15) is 6.73 Å². The van der Waals surface area contributed by atoms with Gasteiger partial charge >= 0.3 is 11.8 Å². The molecule has 48 heavy (non-hydrogen) atoms. The van der Waals surface area contributed by atoms with Crippen molar-refractivity contribution in [3.63, 3.8) is 0 Å². The third kappa shape index (κ3) is 6.94. The van der Waals surface area contributed by atoms with Crippen molar-refractivity contribution in [2.24, 2.45) is 11.8 Å². The van der Waals surface area contributed by atoms with E-state index in [-0.39, 0.29) is 12.8 Å². The van der Waals surface area contributed by atoms with E-state index in [1.807, 2.05) is 11.3 Å². The molecule has 10 nitrogen and oxygen atoms in total. The number of rotatable bonds is 8. The van der Waals surface area contributed by atoms with Crippen molar-refractivity contribution in [2.45, 2.75) is 95.9 Å². The average Bonchev–Trinajstić information content (AvgIpc) is 3.68. The second kappa shape index (κ2) is 13.6. The molecule has 2 saturated heterocycles. The number of aromatic nitrogens is 4. The molecule has 7 rings (SSSR count). The Bertz CT molecular complexity index is 1800. The quantitative estimate of drug-likeness (QED) is 0.122. The van der Waals surface area contributed by atoms with E-state index in [1.54, 1.807) is 28.2 Å². The van der Waals surface area contributed by atoms with Crippen molar-refractivity contribution in [1.82, 2.24) is 29.5 Å². The van der Waals surface area contributed by atoms with Crippen molar-refractivity contribution in [3.05, 3.63) is 47.4 Å². The summed E-state index contributed by atoms with van der Waals surface area (Å²) in [5.41, 5.74) is 3.19. The molecule has 0 spiro atoms. The molecule has 3 aromatic heterocycles. The zero-order valence-electron chi connectivity index (χ0n) is 28.9. The topological polar surface area (TPSA) is 105 Å². The first-order valence-corrected chi connectivity index (χ1v) is 22.2. The summed E-state index contributed by atoms with van der Waals surface area (Å²) < 4.78 is 8.86. The molecule has 3 unspecified atom stereocenters. The van der Waals surface area contributed by atoms with Crippen LogP contribution in [0.25, 0.3) is 21.1 Å². The van der Waals surface area contributed by atoms with Crippen LogP contribution in [-0.4, -0.2) is 82.2 Å². The van der Waals surface area contributed by atoms with Gasteiger partial charge in [0.15, 0.2) is 0 Å². The summed E-state index contributed by atoms with van der Waals surface area (Å²) in [6, 6.07) is 8.06. The van der Waals surface area contributed by atoms with E-state index in [9.17, 15) is 9.59 Å². The third-order valence-electron chi connectivity index (χ3n) is 10.8. The van der Waals surface area contributed by atoms with E-state index in [0.717, 1.165) is 47.9 Å². The zero-order valence-corrected chi connectivity index (χ0v) is 30.8. The minimum atomic E-state index is -1.23. The highest BCUT2D eigenvalue weighted by Crippen LogP contribution is 2.45. The van der Waals surface area contributed by atoms with E-state index in [4.69, 9.17) is 9.72 Å². The van der Waals surface area contributed by atoms with Gasteiger partial charge in [0.2, 0.25) is 0 Å². The zero-order chi connectivity index (χ0) is 33.6. The van der Waals surface area contributed by atoms with Gasteiger partial charge in [-0.05, 0) is 74.7 Å². The number of amides is 2. The van der Waals surface area contributed by atoms with Crippen molar-refractivity contribution in [3.8, 4) is 0 Å². The first kappa shape index (κ1) is 33.3. The minimum Gasteiger partial charge on any atom is -0.360 e. The van der Waals surface area contributed by atoms with Crippen LogP contribution < -0.4 is 5.32 Å². The Labute approximate surface area is 288 Å². The van der Waals surface area contributed by atoms with E-state index < -0.39 is 19.9 Å². The van der Waals surface area contributed by atoms with Crippen LogP contribution >= 0.6 is 11.3 Å². The Morgan fingerprint density at radius 1 is 1.08 bits per heavy atom. The Morgan fingerprint density at radius 3 is 2.77 bits per heavy atom. The number of piperidine rings is 2. The van der Waals surface area contributed by atoms with Gasteiger partial charge in [-0.3, -0.25) is 14.6 Å². The summed E-state index contributed by atoms with van der Waals surface area (Å²) >= 11 is 1.83. The molecular weight excluding hydrogens is 639 g/mol. The standard InChI is InChI=1S/C36H49N7O3SSi/c1-23-9-11-31(25-10-12-32-29(16-25)40-35(47-32)28-21-41(2)27-8-6-7-24(28)15-27)42(20-23)36(45)34(44)39-30-19-37-17-26-18-38-43(33(26)30)22-46-13-14-48(3,4)5/h10,12,16-19,23-24,27-28,31H,6-9,11,13-15,20-22H2,1-5H3,(H,39,44)/t23-,24?,27?,28?,31+/m0/s1. The Balaban J connectivity index is 1.09. The molecule has 1 aliphatic carbocycles. The van der Waals surface area contributed by atoms with Crippen LogP contribution in [0.4, 0.5) is 5.69 Å². The van der Waals surface area contributed by atoms with Gasteiger partial charge in [0.05, 0.1) is 44.9 Å². The maximum atomic E-state index is 13.9. The maximum absolute atomic E-state index is 13.9. The second-order valence-electron chi connectivity index (χ2n) is 15.6. The molecule has 3 fully saturated rings. The number of hydrogen-bond donors (Lipinski definition) is 1. The molecule has 2 bridgehead atoms. The molecule has 5 atom stereocenters.